The summed E-state index contributed by atoms with van der Waals surface area (Å²) >= 11 is 1.22. The van der Waals surface area contributed by atoms with Crippen molar-refractivity contribution < 1.29 is 19.4 Å². The molecule has 1 aliphatic rings. The van der Waals surface area contributed by atoms with Crippen molar-refractivity contribution in [3.05, 3.63) is 20.9 Å². The van der Waals surface area contributed by atoms with E-state index in [9.17, 15) is 14.7 Å². The van der Waals surface area contributed by atoms with E-state index in [1.807, 2.05) is 0 Å². The molecule has 1 aliphatic heterocycles. The number of rotatable bonds is 2. The zero-order valence-electron chi connectivity index (χ0n) is 11.2. The minimum Gasteiger partial charge on any atom is -0.478 e. The van der Waals surface area contributed by atoms with Crippen LogP contribution in [0.5, 0.6) is 0 Å². The highest BCUT2D eigenvalue weighted by molar-refractivity contribution is 7.14. The van der Waals surface area contributed by atoms with Gasteiger partial charge in [0.25, 0.3) is 0 Å². The Kier molecular flexibility index (Phi) is 3.64. The predicted octanol–water partition coefficient (Wildman–Crippen LogP) is 2.05. The topological polar surface area (TPSA) is 75.6 Å². The molecule has 0 saturated heterocycles. The smallest absolute Gasteiger partial charge is 0.349 e. The first-order chi connectivity index (χ1) is 8.79. The van der Waals surface area contributed by atoms with Crippen LogP contribution >= 0.6 is 11.3 Å². The van der Waals surface area contributed by atoms with Crippen LogP contribution in [0.1, 0.15) is 51.2 Å². The molecule has 2 heterocycles. The second-order valence-corrected chi connectivity index (χ2v) is 6.55. The van der Waals surface area contributed by atoms with Crippen molar-refractivity contribution in [3.8, 4) is 0 Å². The molecule has 5 nitrogen and oxygen atoms in total. The quantitative estimate of drug-likeness (QED) is 0.812. The van der Waals surface area contributed by atoms with Gasteiger partial charge >= 0.3 is 11.9 Å². The summed E-state index contributed by atoms with van der Waals surface area (Å²) in [5, 5.41) is 12.5. The van der Waals surface area contributed by atoms with Crippen LogP contribution in [0.25, 0.3) is 0 Å². The molecule has 0 bridgehead atoms. The molecule has 0 aliphatic carbocycles. The van der Waals surface area contributed by atoms with Crippen molar-refractivity contribution in [1.82, 2.24) is 5.32 Å². The molecule has 0 fully saturated rings. The lowest BCUT2D eigenvalue weighted by Gasteiger charge is -2.19. The molecule has 1 aromatic heterocycles. The van der Waals surface area contributed by atoms with E-state index < -0.39 is 17.5 Å². The number of fused-ring (bicyclic) bond motifs is 1. The molecule has 0 unspecified atom stereocenters. The number of carboxylic acid groups (broad SMARTS) is 1. The van der Waals surface area contributed by atoms with Gasteiger partial charge in [0, 0.05) is 11.4 Å². The van der Waals surface area contributed by atoms with Crippen LogP contribution in [0.3, 0.4) is 0 Å². The summed E-state index contributed by atoms with van der Waals surface area (Å²) in [6, 6.07) is 0. The summed E-state index contributed by atoms with van der Waals surface area (Å²) in [5.74, 6) is -1.61. The standard InChI is InChI=1S/C13H17NO4S/c1-13(2,3)18-12(17)10-9(11(15)16)7-4-5-14-6-8(7)19-10/h14H,4-6H2,1-3H3,(H,15,16). The Morgan fingerprint density at radius 3 is 2.63 bits per heavy atom. The Morgan fingerprint density at radius 1 is 1.37 bits per heavy atom. The first-order valence-corrected chi connectivity index (χ1v) is 6.93. The van der Waals surface area contributed by atoms with Gasteiger partial charge in [-0.1, -0.05) is 0 Å². The Morgan fingerprint density at radius 2 is 2.05 bits per heavy atom. The second-order valence-electron chi connectivity index (χ2n) is 5.44. The van der Waals surface area contributed by atoms with E-state index in [-0.39, 0.29) is 10.4 Å². The maximum Gasteiger partial charge on any atom is 0.349 e. The molecule has 0 spiro atoms. The van der Waals surface area contributed by atoms with Crippen LogP contribution in [-0.4, -0.2) is 29.2 Å². The van der Waals surface area contributed by atoms with Gasteiger partial charge in [0.2, 0.25) is 0 Å². The maximum absolute atomic E-state index is 12.1. The monoisotopic (exact) mass is 283 g/mol. The zero-order valence-corrected chi connectivity index (χ0v) is 12.0. The molecular formula is C13H17NO4S. The summed E-state index contributed by atoms with van der Waals surface area (Å²) in [7, 11) is 0. The number of thiophene rings is 1. The van der Waals surface area contributed by atoms with E-state index in [1.165, 1.54) is 11.3 Å². The number of hydrogen-bond acceptors (Lipinski definition) is 5. The molecule has 1 aromatic rings. The molecule has 2 N–H and O–H groups in total. The Hall–Kier alpha value is -1.40. The van der Waals surface area contributed by atoms with Gasteiger partial charge in [-0.25, -0.2) is 9.59 Å². The second kappa shape index (κ2) is 4.94. The Bertz CT molecular complexity index is 527. The van der Waals surface area contributed by atoms with E-state index in [0.717, 1.165) is 17.0 Å². The normalized spacial score (nSPS) is 14.9. The van der Waals surface area contributed by atoms with Crippen molar-refractivity contribution in [2.45, 2.75) is 39.3 Å². The van der Waals surface area contributed by atoms with Gasteiger partial charge < -0.3 is 15.2 Å². The first-order valence-electron chi connectivity index (χ1n) is 6.11. The van der Waals surface area contributed by atoms with Crippen molar-refractivity contribution in [2.75, 3.05) is 6.54 Å². The minimum atomic E-state index is -1.06. The van der Waals surface area contributed by atoms with Crippen LogP contribution in [0.15, 0.2) is 0 Å². The molecule has 0 amide bonds. The Balaban J connectivity index is 2.42. The van der Waals surface area contributed by atoms with E-state index in [4.69, 9.17) is 4.74 Å². The average Bonchev–Trinajstić information content (AvgIpc) is 2.65. The SMILES string of the molecule is CC(C)(C)OC(=O)c1sc2c(c1C(=O)O)CCNC2. The van der Waals surface area contributed by atoms with Gasteiger partial charge in [0.1, 0.15) is 10.5 Å². The fourth-order valence-corrected chi connectivity index (χ4v) is 3.21. The van der Waals surface area contributed by atoms with Crippen molar-refractivity contribution >= 4 is 23.3 Å². The highest BCUT2D eigenvalue weighted by Gasteiger charge is 2.30. The molecule has 6 heteroatoms. The third-order valence-corrected chi connectivity index (χ3v) is 3.94. The lowest BCUT2D eigenvalue weighted by molar-refractivity contribution is 0.00716. The maximum atomic E-state index is 12.1. The number of aromatic carboxylic acids is 1. The van der Waals surface area contributed by atoms with Crippen molar-refractivity contribution in [1.29, 1.82) is 0 Å². The van der Waals surface area contributed by atoms with Crippen LogP contribution in [0, 0.1) is 0 Å². The molecule has 0 aromatic carbocycles. The average molecular weight is 283 g/mol. The third-order valence-electron chi connectivity index (χ3n) is 2.73. The largest absolute Gasteiger partial charge is 0.478 e. The van der Waals surface area contributed by atoms with Gasteiger partial charge in [-0.05, 0) is 39.3 Å². The van der Waals surface area contributed by atoms with Crippen LogP contribution in [0.2, 0.25) is 0 Å². The summed E-state index contributed by atoms with van der Waals surface area (Å²) in [6.07, 6.45) is 0.635. The summed E-state index contributed by atoms with van der Waals surface area (Å²) in [4.78, 5) is 24.6. The lowest BCUT2D eigenvalue weighted by Crippen LogP contribution is -2.25. The molecule has 0 saturated carbocycles. The number of nitrogens with one attached hydrogen (secondary N) is 1. The minimum absolute atomic E-state index is 0.121. The summed E-state index contributed by atoms with van der Waals surface area (Å²) < 4.78 is 5.28. The number of carboxylic acids is 1. The molecule has 0 radical (unpaired) electrons. The fraction of sp³-hybridized carbons (Fsp3) is 0.538. The molecule has 2 rings (SSSR count). The summed E-state index contributed by atoms with van der Waals surface area (Å²) in [6.45, 7) is 6.64. The number of carbonyl (C=O) groups excluding carboxylic acids is 1. The highest BCUT2D eigenvalue weighted by Crippen LogP contribution is 2.32. The Labute approximate surface area is 115 Å². The number of hydrogen-bond donors (Lipinski definition) is 2. The predicted molar refractivity (Wildman–Crippen MR) is 71.9 cm³/mol. The molecule has 104 valence electrons. The van der Waals surface area contributed by atoms with Crippen LogP contribution in [-0.2, 0) is 17.7 Å². The molecular weight excluding hydrogens is 266 g/mol. The van der Waals surface area contributed by atoms with Gasteiger partial charge in [0.15, 0.2) is 0 Å². The summed E-state index contributed by atoms with van der Waals surface area (Å²) in [5.41, 5.74) is 0.267. The van der Waals surface area contributed by atoms with Gasteiger partial charge in [-0.15, -0.1) is 11.3 Å². The van der Waals surface area contributed by atoms with Crippen LogP contribution < -0.4 is 5.32 Å². The number of esters is 1. The van der Waals surface area contributed by atoms with Gasteiger partial charge in [0.05, 0.1) is 5.56 Å². The van der Waals surface area contributed by atoms with Crippen molar-refractivity contribution in [3.63, 3.8) is 0 Å². The molecule has 0 atom stereocenters. The van der Waals surface area contributed by atoms with Crippen molar-refractivity contribution in [2.24, 2.45) is 0 Å². The number of carbonyl (C=O) groups is 2. The lowest BCUT2D eigenvalue weighted by atomic mass is 10.0. The fourth-order valence-electron chi connectivity index (χ4n) is 2.03. The first kappa shape index (κ1) is 14.0. The van der Waals surface area contributed by atoms with E-state index >= 15 is 0 Å². The molecule has 19 heavy (non-hydrogen) atoms. The zero-order chi connectivity index (χ0) is 14.2. The van der Waals surface area contributed by atoms with E-state index in [0.29, 0.717) is 13.0 Å². The van der Waals surface area contributed by atoms with Crippen LogP contribution in [0.4, 0.5) is 0 Å². The highest BCUT2D eigenvalue weighted by atomic mass is 32.1. The van der Waals surface area contributed by atoms with E-state index in [1.54, 1.807) is 20.8 Å². The number of ether oxygens (including phenoxy) is 1. The van der Waals surface area contributed by atoms with E-state index in [2.05, 4.69) is 5.32 Å². The van der Waals surface area contributed by atoms with Gasteiger partial charge in [-0.3, -0.25) is 0 Å². The third kappa shape index (κ3) is 2.96. The van der Waals surface area contributed by atoms with Gasteiger partial charge in [-0.2, -0.15) is 0 Å².